The standard InChI is InChI=1S/C29H45NO4/c1-16-6-9-23(30-15-16)17(2)24-27(34-18(3)31)26(33)25-21-8-7-19-14-20(32)10-12-28(19,4)22(21)11-13-29(24,25)5/h7,16-17,20-22,24-27,32-33H,6,8-15H2,1-5H3/t16?,17-,20+,21-,22+,24+,25-,26+,27+,28+,29-/m1/s1. The van der Waals surface area contributed by atoms with E-state index in [4.69, 9.17) is 9.73 Å². The Morgan fingerprint density at radius 2 is 1.97 bits per heavy atom. The van der Waals surface area contributed by atoms with Crippen LogP contribution in [0.2, 0.25) is 0 Å². The van der Waals surface area contributed by atoms with Gasteiger partial charge in [0.15, 0.2) is 0 Å². The summed E-state index contributed by atoms with van der Waals surface area (Å²) in [5.74, 6) is 1.66. The molecule has 3 saturated carbocycles. The highest BCUT2D eigenvalue weighted by Crippen LogP contribution is 2.67. The highest BCUT2D eigenvalue weighted by Gasteiger charge is 2.66. The molecule has 11 atom stereocenters. The van der Waals surface area contributed by atoms with Crippen molar-refractivity contribution in [2.24, 2.45) is 51.3 Å². The van der Waals surface area contributed by atoms with E-state index in [1.54, 1.807) is 0 Å². The Hall–Kier alpha value is -1.20. The summed E-state index contributed by atoms with van der Waals surface area (Å²) in [7, 11) is 0. The fraction of sp³-hybridized carbons (Fsp3) is 0.862. The van der Waals surface area contributed by atoms with Gasteiger partial charge >= 0.3 is 5.97 Å². The number of carbonyl (C=O) groups excluding carboxylic acids is 1. The minimum absolute atomic E-state index is 0.0818. The number of ether oxygens (including phenoxy) is 1. The lowest BCUT2D eigenvalue weighted by Gasteiger charge is -2.58. The maximum absolute atomic E-state index is 12.2. The van der Waals surface area contributed by atoms with Crippen LogP contribution in [0.25, 0.3) is 0 Å². The van der Waals surface area contributed by atoms with Crippen LogP contribution < -0.4 is 0 Å². The first-order valence-corrected chi connectivity index (χ1v) is 13.8. The Balaban J connectivity index is 1.51. The topological polar surface area (TPSA) is 79.1 Å². The number of carbonyl (C=O) groups is 1. The fourth-order valence-corrected chi connectivity index (χ4v) is 9.35. The van der Waals surface area contributed by atoms with Crippen LogP contribution in [0.15, 0.2) is 16.6 Å². The molecule has 0 spiro atoms. The number of fused-ring (bicyclic) bond motifs is 5. The van der Waals surface area contributed by atoms with Crippen molar-refractivity contribution in [3.63, 3.8) is 0 Å². The molecule has 1 heterocycles. The van der Waals surface area contributed by atoms with E-state index in [9.17, 15) is 15.0 Å². The van der Waals surface area contributed by atoms with Gasteiger partial charge in [-0.15, -0.1) is 0 Å². The molecular weight excluding hydrogens is 426 g/mol. The summed E-state index contributed by atoms with van der Waals surface area (Å²) >= 11 is 0. The number of esters is 1. The van der Waals surface area contributed by atoms with E-state index in [-0.39, 0.29) is 40.7 Å². The van der Waals surface area contributed by atoms with E-state index in [1.165, 1.54) is 24.6 Å². The number of hydrogen-bond donors (Lipinski definition) is 2. The summed E-state index contributed by atoms with van der Waals surface area (Å²) in [6.45, 7) is 11.7. The van der Waals surface area contributed by atoms with Crippen LogP contribution in [0.5, 0.6) is 0 Å². The molecule has 0 saturated heterocycles. The molecule has 0 bridgehead atoms. The SMILES string of the molecule is CC(=O)O[C@@H]1[C@@H](O)[C@H]2[C@@H]3CC=C4C[C@@H](O)CC[C@]4(C)[C@H]3CC[C@]2(C)[C@H]1[C@H](C)C1=NCC(C)CC1. The molecule has 190 valence electrons. The van der Waals surface area contributed by atoms with Gasteiger partial charge in [0, 0.05) is 31.0 Å². The molecule has 5 rings (SSSR count). The molecule has 2 N–H and O–H groups in total. The van der Waals surface area contributed by atoms with Crippen molar-refractivity contribution in [2.75, 3.05) is 6.54 Å². The van der Waals surface area contributed by atoms with E-state index >= 15 is 0 Å². The summed E-state index contributed by atoms with van der Waals surface area (Å²) in [4.78, 5) is 17.2. The largest absolute Gasteiger partial charge is 0.459 e. The van der Waals surface area contributed by atoms with E-state index in [2.05, 4.69) is 33.8 Å². The van der Waals surface area contributed by atoms with Gasteiger partial charge in [0.1, 0.15) is 6.10 Å². The van der Waals surface area contributed by atoms with Gasteiger partial charge < -0.3 is 14.9 Å². The van der Waals surface area contributed by atoms with Gasteiger partial charge in [-0.25, -0.2) is 0 Å². The Bertz CT molecular complexity index is 881. The molecular formula is C29H45NO4. The highest BCUT2D eigenvalue weighted by molar-refractivity contribution is 5.87. The second kappa shape index (κ2) is 8.73. The van der Waals surface area contributed by atoms with E-state index in [1.807, 2.05) is 0 Å². The van der Waals surface area contributed by atoms with Gasteiger partial charge in [0.25, 0.3) is 0 Å². The number of allylic oxidation sites excluding steroid dienone is 1. The fourth-order valence-electron chi connectivity index (χ4n) is 9.35. The lowest BCUT2D eigenvalue weighted by molar-refractivity contribution is -0.155. The number of aliphatic hydroxyl groups is 2. The lowest BCUT2D eigenvalue weighted by atomic mass is 9.46. The molecule has 34 heavy (non-hydrogen) atoms. The predicted octanol–water partition coefficient (Wildman–Crippen LogP) is 4.95. The maximum Gasteiger partial charge on any atom is 0.303 e. The van der Waals surface area contributed by atoms with Crippen molar-refractivity contribution in [3.8, 4) is 0 Å². The van der Waals surface area contributed by atoms with E-state index in [0.29, 0.717) is 17.8 Å². The molecule has 0 aromatic heterocycles. The summed E-state index contributed by atoms with van der Waals surface area (Å²) in [5.41, 5.74) is 2.74. The second-order valence-electron chi connectivity index (χ2n) is 13.0. The zero-order chi connectivity index (χ0) is 24.4. The van der Waals surface area contributed by atoms with Gasteiger partial charge in [0.05, 0.1) is 12.2 Å². The quantitative estimate of drug-likeness (QED) is 0.451. The Labute approximate surface area is 205 Å². The molecule has 5 nitrogen and oxygen atoms in total. The minimum Gasteiger partial charge on any atom is -0.459 e. The van der Waals surface area contributed by atoms with Gasteiger partial charge in [-0.3, -0.25) is 9.79 Å². The normalized spacial score (nSPS) is 49.1. The number of nitrogens with zero attached hydrogens (tertiary/aromatic N) is 1. The first kappa shape index (κ1) is 24.5. The minimum atomic E-state index is -0.634. The number of aliphatic imine (C=N–C) groups is 1. The van der Waals surface area contributed by atoms with Gasteiger partial charge in [-0.1, -0.05) is 39.3 Å². The van der Waals surface area contributed by atoms with Gasteiger partial charge in [0.2, 0.25) is 0 Å². The summed E-state index contributed by atoms with van der Waals surface area (Å²) < 4.78 is 5.96. The van der Waals surface area contributed by atoms with Crippen LogP contribution in [0, 0.1) is 46.3 Å². The Kier molecular flexibility index (Phi) is 6.29. The van der Waals surface area contributed by atoms with Crippen molar-refractivity contribution >= 4 is 11.7 Å². The molecule has 3 fully saturated rings. The number of hydrogen-bond acceptors (Lipinski definition) is 5. The van der Waals surface area contributed by atoms with Crippen LogP contribution in [-0.4, -0.2) is 46.8 Å². The molecule has 5 aliphatic rings. The zero-order valence-corrected chi connectivity index (χ0v) is 21.8. The smallest absolute Gasteiger partial charge is 0.303 e. The van der Waals surface area contributed by atoms with E-state index in [0.717, 1.165) is 51.5 Å². The molecule has 5 heteroatoms. The molecule has 0 amide bonds. The van der Waals surface area contributed by atoms with Crippen LogP contribution in [-0.2, 0) is 9.53 Å². The van der Waals surface area contributed by atoms with Crippen molar-refractivity contribution < 1.29 is 19.7 Å². The van der Waals surface area contributed by atoms with Gasteiger partial charge in [-0.2, -0.15) is 0 Å². The molecule has 1 aliphatic heterocycles. The third-order valence-electron chi connectivity index (χ3n) is 11.1. The molecule has 0 aromatic rings. The van der Waals surface area contributed by atoms with Crippen molar-refractivity contribution in [2.45, 2.75) is 104 Å². The summed E-state index contributed by atoms with van der Waals surface area (Å²) in [6, 6.07) is 0. The van der Waals surface area contributed by atoms with Crippen molar-refractivity contribution in [1.29, 1.82) is 0 Å². The predicted molar refractivity (Wildman–Crippen MR) is 133 cm³/mol. The third kappa shape index (κ3) is 3.72. The monoisotopic (exact) mass is 471 g/mol. The summed E-state index contributed by atoms with van der Waals surface area (Å²) in [6.07, 6.45) is 9.14. The van der Waals surface area contributed by atoms with Crippen LogP contribution in [0.1, 0.15) is 86.0 Å². The van der Waals surface area contributed by atoms with Crippen LogP contribution in [0.4, 0.5) is 0 Å². The number of rotatable bonds is 3. The lowest BCUT2D eigenvalue weighted by Crippen LogP contribution is -2.52. The first-order chi connectivity index (χ1) is 16.1. The molecule has 1 unspecified atom stereocenters. The molecule has 0 radical (unpaired) electrons. The molecule has 0 aromatic carbocycles. The molecule has 4 aliphatic carbocycles. The average Bonchev–Trinajstić information content (AvgIpc) is 3.00. The van der Waals surface area contributed by atoms with Crippen molar-refractivity contribution in [1.82, 2.24) is 0 Å². The second-order valence-corrected chi connectivity index (χ2v) is 13.0. The highest BCUT2D eigenvalue weighted by atomic mass is 16.6. The Morgan fingerprint density at radius 1 is 1.21 bits per heavy atom. The Morgan fingerprint density at radius 3 is 2.65 bits per heavy atom. The van der Waals surface area contributed by atoms with E-state index < -0.39 is 12.2 Å². The first-order valence-electron chi connectivity index (χ1n) is 13.8. The van der Waals surface area contributed by atoms with Crippen LogP contribution in [0.3, 0.4) is 0 Å². The maximum atomic E-state index is 12.2. The summed E-state index contributed by atoms with van der Waals surface area (Å²) in [5, 5.41) is 22.1. The average molecular weight is 472 g/mol. The van der Waals surface area contributed by atoms with Gasteiger partial charge in [-0.05, 0) is 85.9 Å². The zero-order valence-electron chi connectivity index (χ0n) is 21.8. The van der Waals surface area contributed by atoms with Crippen molar-refractivity contribution in [3.05, 3.63) is 11.6 Å². The third-order valence-corrected chi connectivity index (χ3v) is 11.1. The van der Waals surface area contributed by atoms with Crippen LogP contribution >= 0.6 is 0 Å². The number of aliphatic hydroxyl groups excluding tert-OH is 2.